The van der Waals surface area contributed by atoms with Crippen LogP contribution in [0.25, 0.3) is 17.0 Å². The summed E-state index contributed by atoms with van der Waals surface area (Å²) in [4.78, 5) is 17.1. The molecule has 0 radical (unpaired) electrons. The molecule has 5 rings (SSSR count). The number of nitrogens with zero attached hydrogens (tertiary/aromatic N) is 1. The molecular formula is C24H27NO3. The van der Waals surface area contributed by atoms with Crippen molar-refractivity contribution in [2.45, 2.75) is 45.1 Å². The summed E-state index contributed by atoms with van der Waals surface area (Å²) < 4.78 is 5.65. The summed E-state index contributed by atoms with van der Waals surface area (Å²) in [6, 6.07) is 9.25. The van der Waals surface area contributed by atoms with E-state index in [1.165, 1.54) is 25.7 Å². The van der Waals surface area contributed by atoms with Crippen molar-refractivity contribution in [1.82, 2.24) is 4.98 Å². The molecule has 1 aromatic heterocycles. The molecular weight excluding hydrogens is 350 g/mol. The molecule has 6 atom stereocenters. The topological polar surface area (TPSA) is 59.4 Å². The van der Waals surface area contributed by atoms with Crippen molar-refractivity contribution in [3.8, 4) is 5.75 Å². The summed E-state index contributed by atoms with van der Waals surface area (Å²) in [5, 5.41) is 10.6. The summed E-state index contributed by atoms with van der Waals surface area (Å²) in [5.74, 6) is 2.31. The zero-order chi connectivity index (χ0) is 19.3. The summed E-state index contributed by atoms with van der Waals surface area (Å²) in [7, 11) is 0. The van der Waals surface area contributed by atoms with Crippen LogP contribution in [0.15, 0.2) is 36.4 Å². The first kappa shape index (κ1) is 17.7. The van der Waals surface area contributed by atoms with E-state index in [2.05, 4.69) is 19.1 Å². The van der Waals surface area contributed by atoms with Crippen LogP contribution in [0.3, 0.4) is 0 Å². The molecule has 4 heteroatoms. The lowest BCUT2D eigenvalue weighted by molar-refractivity contribution is -0.144. The van der Waals surface area contributed by atoms with E-state index in [4.69, 9.17) is 9.72 Å². The predicted octanol–water partition coefficient (Wildman–Crippen LogP) is 4.96. The number of esters is 1. The van der Waals surface area contributed by atoms with E-state index < -0.39 is 0 Å². The molecule has 1 aromatic carbocycles. The Morgan fingerprint density at radius 2 is 2.04 bits per heavy atom. The number of carbonyl (C=O) groups excluding carboxylic acids is 1. The van der Waals surface area contributed by atoms with E-state index in [0.29, 0.717) is 23.7 Å². The van der Waals surface area contributed by atoms with Gasteiger partial charge in [0, 0.05) is 11.3 Å². The van der Waals surface area contributed by atoms with Gasteiger partial charge in [-0.2, -0.15) is 0 Å². The standard InChI is InChI=1S/C24H27NO3/c1-14-23-20(19-5-3-2-4-15(19)13-21(23)24(27)28-14)10-8-17-7-6-16-12-18(26)9-11-22(16)25-17/h6-12,14-15,19-21,23,26H,2-5,13H2,1H3/b10-8+/t14-,15+,19-,20+,21-,23+/m1/s1. The summed E-state index contributed by atoms with van der Waals surface area (Å²) in [6.45, 7) is 2.06. The van der Waals surface area contributed by atoms with Gasteiger partial charge in [0.1, 0.15) is 11.9 Å². The third kappa shape index (κ3) is 2.99. The van der Waals surface area contributed by atoms with Gasteiger partial charge in [0.25, 0.3) is 0 Å². The van der Waals surface area contributed by atoms with Crippen molar-refractivity contribution >= 4 is 22.9 Å². The number of ether oxygens (including phenoxy) is 1. The molecule has 146 valence electrons. The minimum Gasteiger partial charge on any atom is -0.508 e. The molecule has 2 aliphatic carbocycles. The number of phenols is 1. The largest absolute Gasteiger partial charge is 0.508 e. The van der Waals surface area contributed by atoms with Crippen LogP contribution in [0.1, 0.15) is 44.7 Å². The highest BCUT2D eigenvalue weighted by atomic mass is 16.6. The molecule has 3 fully saturated rings. The Labute approximate surface area is 165 Å². The van der Waals surface area contributed by atoms with Crippen LogP contribution in [0.2, 0.25) is 0 Å². The number of cyclic esters (lactones) is 1. The fourth-order valence-corrected chi connectivity index (χ4v) is 6.02. The van der Waals surface area contributed by atoms with Crippen LogP contribution in [-0.2, 0) is 9.53 Å². The molecule has 1 saturated heterocycles. The van der Waals surface area contributed by atoms with Gasteiger partial charge >= 0.3 is 5.97 Å². The second-order valence-electron chi connectivity index (χ2n) is 8.82. The minimum atomic E-state index is 0.00237. The summed E-state index contributed by atoms with van der Waals surface area (Å²) in [6.07, 6.45) is 10.5. The van der Waals surface area contributed by atoms with Gasteiger partial charge in [0.2, 0.25) is 0 Å². The zero-order valence-corrected chi connectivity index (χ0v) is 16.3. The molecule has 3 aliphatic rings. The number of allylic oxidation sites excluding steroid dienone is 1. The monoisotopic (exact) mass is 377 g/mol. The number of pyridine rings is 1. The second-order valence-corrected chi connectivity index (χ2v) is 8.82. The van der Waals surface area contributed by atoms with Crippen molar-refractivity contribution in [2.24, 2.45) is 29.6 Å². The van der Waals surface area contributed by atoms with Crippen molar-refractivity contribution < 1.29 is 14.6 Å². The predicted molar refractivity (Wildman–Crippen MR) is 109 cm³/mol. The lowest BCUT2D eigenvalue weighted by atomic mass is 9.57. The average molecular weight is 377 g/mol. The van der Waals surface area contributed by atoms with E-state index in [0.717, 1.165) is 23.0 Å². The van der Waals surface area contributed by atoms with Crippen LogP contribution in [0, 0.1) is 29.6 Å². The van der Waals surface area contributed by atoms with Crippen molar-refractivity contribution in [2.75, 3.05) is 0 Å². The van der Waals surface area contributed by atoms with Crippen molar-refractivity contribution in [3.05, 3.63) is 42.1 Å². The van der Waals surface area contributed by atoms with Crippen LogP contribution >= 0.6 is 0 Å². The Hall–Kier alpha value is -2.36. The first-order valence-corrected chi connectivity index (χ1v) is 10.6. The lowest BCUT2D eigenvalue weighted by Gasteiger charge is -2.45. The van der Waals surface area contributed by atoms with E-state index >= 15 is 0 Å². The van der Waals surface area contributed by atoms with Gasteiger partial charge in [-0.1, -0.05) is 31.4 Å². The maximum Gasteiger partial charge on any atom is 0.309 e. The van der Waals surface area contributed by atoms with Crippen LogP contribution in [-0.4, -0.2) is 22.2 Å². The third-order valence-corrected chi connectivity index (χ3v) is 7.26. The first-order valence-electron chi connectivity index (χ1n) is 10.6. The number of rotatable bonds is 2. The molecule has 0 unspecified atom stereocenters. The van der Waals surface area contributed by atoms with Gasteiger partial charge in [-0.3, -0.25) is 4.79 Å². The SMILES string of the molecule is C[C@H]1OC(=O)[C@@H]2C[C@@H]3CCCC[C@H]3[C@H](/C=C/c3ccc4cc(O)ccc4n3)[C@H]12. The third-order valence-electron chi connectivity index (χ3n) is 7.26. The number of hydrogen-bond acceptors (Lipinski definition) is 4. The number of fused-ring (bicyclic) bond motifs is 3. The highest BCUT2D eigenvalue weighted by Crippen LogP contribution is 2.53. The normalized spacial score (nSPS) is 35.0. The molecule has 1 N–H and O–H groups in total. The fourth-order valence-electron chi connectivity index (χ4n) is 6.02. The maximum absolute atomic E-state index is 12.4. The smallest absolute Gasteiger partial charge is 0.309 e. The average Bonchev–Trinajstić information content (AvgIpc) is 2.98. The quantitative estimate of drug-likeness (QED) is 0.752. The molecule has 28 heavy (non-hydrogen) atoms. The van der Waals surface area contributed by atoms with E-state index in [1.807, 2.05) is 18.2 Å². The first-order chi connectivity index (χ1) is 13.6. The van der Waals surface area contributed by atoms with Gasteiger partial charge in [-0.15, -0.1) is 0 Å². The van der Waals surface area contributed by atoms with E-state index in [1.54, 1.807) is 12.1 Å². The number of hydrogen-bond donors (Lipinski definition) is 1. The Balaban J connectivity index is 1.47. The number of aromatic nitrogens is 1. The number of carbonyl (C=O) groups is 1. The summed E-state index contributed by atoms with van der Waals surface area (Å²) in [5.41, 5.74) is 1.80. The van der Waals surface area contributed by atoms with Crippen LogP contribution in [0.5, 0.6) is 5.75 Å². The van der Waals surface area contributed by atoms with E-state index in [9.17, 15) is 9.90 Å². The fraction of sp³-hybridized carbons (Fsp3) is 0.500. The van der Waals surface area contributed by atoms with Crippen LogP contribution < -0.4 is 0 Å². The molecule has 0 bridgehead atoms. The van der Waals surface area contributed by atoms with E-state index in [-0.39, 0.29) is 23.7 Å². The highest BCUT2D eigenvalue weighted by Gasteiger charge is 2.53. The Morgan fingerprint density at radius 3 is 2.93 bits per heavy atom. The van der Waals surface area contributed by atoms with Crippen molar-refractivity contribution in [3.63, 3.8) is 0 Å². The summed E-state index contributed by atoms with van der Waals surface area (Å²) >= 11 is 0. The Bertz CT molecular complexity index is 937. The van der Waals surface area contributed by atoms with Gasteiger partial charge in [-0.25, -0.2) is 4.98 Å². The van der Waals surface area contributed by atoms with Gasteiger partial charge in [-0.05, 0) is 67.9 Å². The second kappa shape index (κ2) is 6.91. The molecule has 2 aromatic rings. The van der Waals surface area contributed by atoms with Crippen LogP contribution in [0.4, 0.5) is 0 Å². The molecule has 2 saturated carbocycles. The molecule has 0 amide bonds. The maximum atomic E-state index is 12.4. The van der Waals surface area contributed by atoms with Gasteiger partial charge in [0.05, 0.1) is 17.1 Å². The van der Waals surface area contributed by atoms with Gasteiger partial charge < -0.3 is 9.84 Å². The minimum absolute atomic E-state index is 0.00237. The number of benzene rings is 1. The number of phenolic OH excluding ortho intramolecular Hbond substituents is 1. The molecule has 2 heterocycles. The van der Waals surface area contributed by atoms with Crippen molar-refractivity contribution in [1.29, 1.82) is 0 Å². The Morgan fingerprint density at radius 1 is 1.18 bits per heavy atom. The lowest BCUT2D eigenvalue weighted by Crippen LogP contribution is -2.42. The van der Waals surface area contributed by atoms with Gasteiger partial charge in [0.15, 0.2) is 0 Å². The molecule has 1 aliphatic heterocycles. The molecule has 4 nitrogen and oxygen atoms in total. The molecule has 0 spiro atoms. The zero-order valence-electron chi connectivity index (χ0n) is 16.3. The highest BCUT2D eigenvalue weighted by molar-refractivity contribution is 5.81. The Kier molecular flexibility index (Phi) is 4.37. The number of aromatic hydroxyl groups is 1.